The van der Waals surface area contributed by atoms with Crippen molar-refractivity contribution in [2.45, 2.75) is 24.3 Å². The minimum absolute atomic E-state index is 0.162. The number of hydrogen-bond acceptors (Lipinski definition) is 5. The summed E-state index contributed by atoms with van der Waals surface area (Å²) in [6, 6.07) is 13.0. The molecule has 1 fully saturated rings. The van der Waals surface area contributed by atoms with Crippen molar-refractivity contribution in [3.63, 3.8) is 0 Å². The van der Waals surface area contributed by atoms with Gasteiger partial charge < -0.3 is 20.3 Å². The first-order valence-corrected chi connectivity index (χ1v) is 12.3. The number of hydrogen-bond donors (Lipinski definition) is 2. The van der Waals surface area contributed by atoms with Crippen molar-refractivity contribution in [1.29, 1.82) is 0 Å². The normalized spacial score (nSPS) is 16.7. The van der Waals surface area contributed by atoms with Gasteiger partial charge >= 0.3 is 6.03 Å². The minimum Gasteiger partial charge on any atom is -0.487 e. The summed E-state index contributed by atoms with van der Waals surface area (Å²) in [6.45, 7) is 4.54. The molecule has 32 heavy (non-hydrogen) atoms. The van der Waals surface area contributed by atoms with Crippen LogP contribution in [0.4, 0.5) is 10.5 Å². The Morgan fingerprint density at radius 2 is 1.91 bits per heavy atom. The number of sulfonamides is 1. The molecule has 2 aromatic rings. The van der Waals surface area contributed by atoms with Crippen molar-refractivity contribution in [1.82, 2.24) is 14.5 Å². The summed E-state index contributed by atoms with van der Waals surface area (Å²) in [5.74, 6) is 0.543. The summed E-state index contributed by atoms with van der Waals surface area (Å²) in [5, 5.41) is 5.90. The van der Waals surface area contributed by atoms with Gasteiger partial charge in [-0.25, -0.2) is 13.2 Å². The zero-order valence-corrected chi connectivity index (χ0v) is 19.8. The number of carbonyl (C=O) groups excluding carboxylic acids is 1. The number of para-hydroxylation sites is 1. The summed E-state index contributed by atoms with van der Waals surface area (Å²) < 4.78 is 33.3. The van der Waals surface area contributed by atoms with Crippen molar-refractivity contribution in [3.05, 3.63) is 53.6 Å². The van der Waals surface area contributed by atoms with Crippen molar-refractivity contribution in [2.75, 3.05) is 45.1 Å². The number of halogens is 1. The number of urea groups is 1. The Bertz CT molecular complexity index is 1030. The molecule has 0 spiro atoms. The van der Waals surface area contributed by atoms with Crippen molar-refractivity contribution in [3.8, 4) is 5.75 Å². The molecule has 0 aliphatic carbocycles. The molecule has 1 saturated heterocycles. The molecular weight excluding hydrogens is 452 g/mol. The van der Waals surface area contributed by atoms with Crippen LogP contribution in [0.5, 0.6) is 5.75 Å². The topological polar surface area (TPSA) is 91.0 Å². The van der Waals surface area contributed by atoms with Gasteiger partial charge in [-0.15, -0.1) is 0 Å². The molecule has 2 amide bonds. The zero-order valence-electron chi connectivity index (χ0n) is 18.3. The Balaban J connectivity index is 1.57. The van der Waals surface area contributed by atoms with Gasteiger partial charge in [-0.3, -0.25) is 0 Å². The molecule has 0 aromatic heterocycles. The lowest BCUT2D eigenvalue weighted by molar-refractivity contribution is 0.212. The van der Waals surface area contributed by atoms with Crippen LogP contribution in [0.2, 0.25) is 5.02 Å². The molecule has 1 aliphatic heterocycles. The lowest BCUT2D eigenvalue weighted by atomic mass is 10.3. The number of anilines is 1. The zero-order chi connectivity index (χ0) is 23.1. The van der Waals surface area contributed by atoms with Gasteiger partial charge in [-0.05, 0) is 57.3 Å². The van der Waals surface area contributed by atoms with Crippen LogP contribution in [0, 0.1) is 0 Å². The maximum absolute atomic E-state index is 13.1. The van der Waals surface area contributed by atoms with Gasteiger partial charge in [-0.2, -0.15) is 4.31 Å². The van der Waals surface area contributed by atoms with Crippen LogP contribution in [-0.2, 0) is 10.0 Å². The third-order valence-electron chi connectivity index (χ3n) is 5.12. The third-order valence-corrected chi connectivity index (χ3v) is 7.33. The van der Waals surface area contributed by atoms with Crippen LogP contribution < -0.4 is 15.4 Å². The second kappa shape index (κ2) is 11.0. The first-order valence-electron chi connectivity index (χ1n) is 10.5. The number of rotatable bonds is 7. The molecule has 0 saturated carbocycles. The second-order valence-corrected chi connectivity index (χ2v) is 10.1. The largest absolute Gasteiger partial charge is 0.487 e. The first-order chi connectivity index (χ1) is 15.3. The van der Waals surface area contributed by atoms with Gasteiger partial charge in [0.2, 0.25) is 10.0 Å². The average molecular weight is 481 g/mol. The van der Waals surface area contributed by atoms with Crippen LogP contribution in [0.1, 0.15) is 13.3 Å². The van der Waals surface area contributed by atoms with E-state index in [0.29, 0.717) is 36.1 Å². The second-order valence-electron chi connectivity index (χ2n) is 7.78. The maximum atomic E-state index is 13.1. The molecule has 3 rings (SSSR count). The predicted molar refractivity (Wildman–Crippen MR) is 126 cm³/mol. The number of ether oxygens (including phenoxy) is 1. The molecule has 174 valence electrons. The molecule has 0 bridgehead atoms. The monoisotopic (exact) mass is 480 g/mol. The standard InChI is InChI=1S/C22H29ClN4O4S/c1-17(31-21-10-4-3-9-20(21)23)16-24-22(28)25-18-7-5-8-19(15-18)32(29,30)27-12-6-11-26(2)13-14-27/h3-5,7-10,15,17H,6,11-14,16H2,1-2H3,(H2,24,25,28). The highest BCUT2D eigenvalue weighted by Crippen LogP contribution is 2.24. The molecule has 0 radical (unpaired) electrons. The third kappa shape index (κ3) is 6.59. The van der Waals surface area contributed by atoms with Crippen LogP contribution in [0.3, 0.4) is 0 Å². The van der Waals surface area contributed by atoms with Crippen LogP contribution in [0.15, 0.2) is 53.4 Å². The Kier molecular flexibility index (Phi) is 8.36. The van der Waals surface area contributed by atoms with Gasteiger partial charge in [0, 0.05) is 25.3 Å². The van der Waals surface area contributed by atoms with E-state index in [9.17, 15) is 13.2 Å². The summed E-state index contributed by atoms with van der Waals surface area (Å²) in [4.78, 5) is 14.6. The lowest BCUT2D eigenvalue weighted by Crippen LogP contribution is -2.36. The van der Waals surface area contributed by atoms with Crippen LogP contribution >= 0.6 is 11.6 Å². The number of amides is 2. The van der Waals surface area contributed by atoms with E-state index in [-0.39, 0.29) is 17.5 Å². The first kappa shape index (κ1) is 24.3. The van der Waals surface area contributed by atoms with Crippen molar-refractivity contribution in [2.24, 2.45) is 0 Å². The van der Waals surface area contributed by atoms with Gasteiger partial charge in [0.1, 0.15) is 11.9 Å². The van der Waals surface area contributed by atoms with E-state index in [4.69, 9.17) is 16.3 Å². The molecule has 2 N–H and O–H groups in total. The van der Waals surface area contributed by atoms with E-state index in [1.807, 2.05) is 26.1 Å². The van der Waals surface area contributed by atoms with E-state index >= 15 is 0 Å². The van der Waals surface area contributed by atoms with Crippen LogP contribution in [0.25, 0.3) is 0 Å². The molecule has 8 nitrogen and oxygen atoms in total. The summed E-state index contributed by atoms with van der Waals surface area (Å²) in [6.07, 6.45) is 0.471. The van der Waals surface area contributed by atoms with E-state index in [0.717, 1.165) is 13.0 Å². The number of nitrogens with zero attached hydrogens (tertiary/aromatic N) is 2. The number of likely N-dealkylation sites (N-methyl/N-ethyl adjacent to an activating group) is 1. The molecule has 1 unspecified atom stereocenters. The lowest BCUT2D eigenvalue weighted by Gasteiger charge is -2.20. The predicted octanol–water partition coefficient (Wildman–Crippen LogP) is 3.26. The minimum atomic E-state index is -3.63. The molecule has 1 atom stereocenters. The van der Waals surface area contributed by atoms with Gasteiger partial charge in [0.25, 0.3) is 0 Å². The van der Waals surface area contributed by atoms with E-state index in [1.54, 1.807) is 30.3 Å². The Morgan fingerprint density at radius 1 is 1.12 bits per heavy atom. The quantitative estimate of drug-likeness (QED) is 0.634. The summed E-state index contributed by atoms with van der Waals surface area (Å²) in [7, 11) is -1.64. The highest BCUT2D eigenvalue weighted by atomic mass is 35.5. The highest BCUT2D eigenvalue weighted by Gasteiger charge is 2.26. The summed E-state index contributed by atoms with van der Waals surface area (Å²) in [5.41, 5.74) is 0.398. The average Bonchev–Trinajstić information content (AvgIpc) is 2.99. The van der Waals surface area contributed by atoms with Crippen LogP contribution in [-0.4, -0.2) is 69.5 Å². The van der Waals surface area contributed by atoms with Gasteiger partial charge in [0.15, 0.2) is 0 Å². The fourth-order valence-corrected chi connectivity index (χ4v) is 5.05. The SMILES string of the molecule is CC(CNC(=O)Nc1cccc(S(=O)(=O)N2CCCN(C)CC2)c1)Oc1ccccc1Cl. The molecule has 10 heteroatoms. The van der Waals surface area contributed by atoms with Crippen molar-refractivity contribution >= 4 is 33.3 Å². The molecule has 1 heterocycles. The van der Waals surface area contributed by atoms with E-state index in [1.165, 1.54) is 10.4 Å². The number of benzene rings is 2. The fourth-order valence-electron chi connectivity index (χ4n) is 3.36. The molecular formula is C22H29ClN4O4S. The van der Waals surface area contributed by atoms with E-state index in [2.05, 4.69) is 15.5 Å². The highest BCUT2D eigenvalue weighted by molar-refractivity contribution is 7.89. The molecule has 2 aromatic carbocycles. The maximum Gasteiger partial charge on any atom is 0.319 e. The van der Waals surface area contributed by atoms with E-state index < -0.39 is 16.1 Å². The Hall–Kier alpha value is -2.33. The number of nitrogens with one attached hydrogen (secondary N) is 2. The molecule has 1 aliphatic rings. The summed E-state index contributed by atoms with van der Waals surface area (Å²) >= 11 is 6.08. The van der Waals surface area contributed by atoms with Gasteiger partial charge in [0.05, 0.1) is 16.5 Å². The number of carbonyl (C=O) groups is 1. The van der Waals surface area contributed by atoms with Gasteiger partial charge in [-0.1, -0.05) is 29.8 Å². The van der Waals surface area contributed by atoms with Crippen molar-refractivity contribution < 1.29 is 17.9 Å². The Labute approximate surface area is 194 Å². The Morgan fingerprint density at radius 3 is 2.69 bits per heavy atom. The smallest absolute Gasteiger partial charge is 0.319 e. The fraction of sp³-hybridized carbons (Fsp3) is 0.409.